The first-order valence-corrected chi connectivity index (χ1v) is 4.98. The van der Waals surface area contributed by atoms with Crippen molar-refractivity contribution in [3.63, 3.8) is 0 Å². The highest BCUT2D eigenvalue weighted by Crippen LogP contribution is 2.28. The fraction of sp³-hybridized carbons (Fsp3) is 0.364. The van der Waals surface area contributed by atoms with Crippen molar-refractivity contribution in [3.8, 4) is 5.75 Å². The summed E-state index contributed by atoms with van der Waals surface area (Å²) in [6, 6.07) is 2.09. The molecule has 1 aromatic rings. The van der Waals surface area contributed by atoms with Gasteiger partial charge in [0.1, 0.15) is 6.10 Å². The number of aliphatic hydroxyl groups excluding tert-OH is 2. The second kappa shape index (κ2) is 5.74. The van der Waals surface area contributed by atoms with Crippen LogP contribution < -0.4 is 4.74 Å². The molecule has 0 amide bonds. The summed E-state index contributed by atoms with van der Waals surface area (Å²) in [4.78, 5) is 10.3. The molecule has 5 nitrogen and oxygen atoms in total. The zero-order chi connectivity index (χ0) is 13.9. The number of carbonyl (C=O) groups is 1. The number of aliphatic carboxylic acids is 1. The van der Waals surface area contributed by atoms with Crippen molar-refractivity contribution in [3.05, 3.63) is 29.3 Å². The molecule has 0 aliphatic rings. The van der Waals surface area contributed by atoms with Gasteiger partial charge in [0.25, 0.3) is 0 Å². The summed E-state index contributed by atoms with van der Waals surface area (Å²) < 4.78 is 31.4. The molecule has 1 rings (SSSR count). The molecule has 0 aliphatic carbocycles. The van der Waals surface area contributed by atoms with Crippen LogP contribution in [0.3, 0.4) is 0 Å². The van der Waals surface area contributed by atoms with E-state index in [0.717, 1.165) is 19.2 Å². The molecular weight excluding hydrogens is 250 g/mol. The number of methoxy groups -OCH3 is 1. The van der Waals surface area contributed by atoms with Crippen LogP contribution in [0.1, 0.15) is 18.1 Å². The average Bonchev–Trinajstić information content (AvgIpc) is 2.31. The maximum atomic E-state index is 13.5. The van der Waals surface area contributed by atoms with E-state index >= 15 is 0 Å². The maximum absolute atomic E-state index is 13.5. The van der Waals surface area contributed by atoms with E-state index in [1.807, 2.05) is 0 Å². The van der Waals surface area contributed by atoms with E-state index in [9.17, 15) is 23.8 Å². The molecule has 100 valence electrons. The van der Waals surface area contributed by atoms with Crippen molar-refractivity contribution >= 4 is 5.97 Å². The quantitative estimate of drug-likeness (QED) is 0.732. The highest BCUT2D eigenvalue weighted by Gasteiger charge is 2.26. The number of carboxylic acids is 1. The van der Waals surface area contributed by atoms with Crippen LogP contribution in [0.25, 0.3) is 0 Å². The van der Waals surface area contributed by atoms with Crippen molar-refractivity contribution in [1.29, 1.82) is 0 Å². The van der Waals surface area contributed by atoms with Gasteiger partial charge in [0.2, 0.25) is 5.82 Å². The normalized spacial score (nSPS) is 14.1. The minimum absolute atomic E-state index is 0.351. The Kier molecular flexibility index (Phi) is 4.57. The standard InChI is InChI=1S/C11H12F2O5/c1-18-7-3-2-5(9(12)10(7)13)11(17)6(14)4-8(15)16/h2-3,6,11,14,17H,4H2,1H3,(H,15,16). The molecule has 1 aromatic carbocycles. The number of aliphatic hydroxyl groups is 2. The van der Waals surface area contributed by atoms with Crippen molar-refractivity contribution in [2.45, 2.75) is 18.6 Å². The highest BCUT2D eigenvalue weighted by atomic mass is 19.2. The van der Waals surface area contributed by atoms with Crippen molar-refractivity contribution in [1.82, 2.24) is 0 Å². The lowest BCUT2D eigenvalue weighted by Gasteiger charge is -2.17. The van der Waals surface area contributed by atoms with E-state index in [2.05, 4.69) is 4.74 Å². The van der Waals surface area contributed by atoms with Gasteiger partial charge < -0.3 is 20.1 Å². The summed E-state index contributed by atoms with van der Waals surface area (Å²) in [6.07, 6.45) is -4.35. The topological polar surface area (TPSA) is 87.0 Å². The molecule has 0 aromatic heterocycles. The largest absolute Gasteiger partial charge is 0.494 e. The van der Waals surface area contributed by atoms with E-state index < -0.39 is 41.8 Å². The number of benzene rings is 1. The molecule has 7 heteroatoms. The zero-order valence-corrected chi connectivity index (χ0v) is 9.43. The minimum atomic E-state index is -1.83. The Hall–Kier alpha value is -1.73. The lowest BCUT2D eigenvalue weighted by Crippen LogP contribution is -2.23. The van der Waals surface area contributed by atoms with Crippen molar-refractivity contribution in [2.24, 2.45) is 0 Å². The van der Waals surface area contributed by atoms with Gasteiger partial charge in [0.05, 0.1) is 19.6 Å². The second-order valence-electron chi connectivity index (χ2n) is 3.60. The molecule has 0 saturated heterocycles. The van der Waals surface area contributed by atoms with Crippen molar-refractivity contribution < 1.29 is 33.6 Å². The third-order valence-electron chi connectivity index (χ3n) is 2.36. The Balaban J connectivity index is 3.03. The van der Waals surface area contributed by atoms with Gasteiger partial charge in [0.15, 0.2) is 11.6 Å². The molecule has 0 bridgehead atoms. The van der Waals surface area contributed by atoms with Gasteiger partial charge in [-0.1, -0.05) is 0 Å². The summed E-state index contributed by atoms with van der Waals surface area (Å²) in [5.74, 6) is -4.41. The number of hydrogen-bond acceptors (Lipinski definition) is 4. The van der Waals surface area contributed by atoms with Gasteiger partial charge >= 0.3 is 5.97 Å². The van der Waals surface area contributed by atoms with Crippen LogP contribution in [0.2, 0.25) is 0 Å². The SMILES string of the molecule is COc1ccc(C(O)C(O)CC(=O)O)c(F)c1F. The lowest BCUT2D eigenvalue weighted by atomic mass is 10.0. The molecule has 0 aliphatic heterocycles. The van der Waals surface area contributed by atoms with Crippen LogP contribution in [-0.4, -0.2) is 34.5 Å². The third-order valence-corrected chi connectivity index (χ3v) is 2.36. The predicted molar refractivity (Wildman–Crippen MR) is 56.1 cm³/mol. The first-order valence-electron chi connectivity index (χ1n) is 4.98. The van der Waals surface area contributed by atoms with Gasteiger partial charge in [-0.05, 0) is 12.1 Å². The molecule has 3 N–H and O–H groups in total. The number of ether oxygens (including phenoxy) is 1. The summed E-state index contributed by atoms with van der Waals surface area (Å²) in [7, 11) is 1.15. The number of rotatable bonds is 5. The van der Waals surface area contributed by atoms with Crippen LogP contribution in [0.4, 0.5) is 8.78 Å². The van der Waals surface area contributed by atoms with Crippen LogP contribution in [0.15, 0.2) is 12.1 Å². The Morgan fingerprint density at radius 2 is 1.94 bits per heavy atom. The molecule has 0 radical (unpaired) electrons. The van der Waals surface area contributed by atoms with E-state index in [0.29, 0.717) is 0 Å². The smallest absolute Gasteiger partial charge is 0.306 e. The fourth-order valence-corrected chi connectivity index (χ4v) is 1.43. The molecular formula is C11H12F2O5. The van der Waals surface area contributed by atoms with Crippen LogP contribution >= 0.6 is 0 Å². The van der Waals surface area contributed by atoms with Gasteiger partial charge in [-0.15, -0.1) is 0 Å². The number of carboxylic acid groups (broad SMARTS) is 1. The number of halogens is 2. The Morgan fingerprint density at radius 1 is 1.33 bits per heavy atom. The molecule has 0 fully saturated rings. The Labute approximate surface area is 101 Å². The third kappa shape index (κ3) is 2.93. The van der Waals surface area contributed by atoms with E-state index in [4.69, 9.17) is 5.11 Å². The molecule has 0 saturated carbocycles. The van der Waals surface area contributed by atoms with Gasteiger partial charge in [-0.2, -0.15) is 4.39 Å². The summed E-state index contributed by atoms with van der Waals surface area (Å²) in [6.45, 7) is 0. The van der Waals surface area contributed by atoms with Gasteiger partial charge in [-0.3, -0.25) is 4.79 Å². The second-order valence-corrected chi connectivity index (χ2v) is 3.60. The minimum Gasteiger partial charge on any atom is -0.494 e. The highest BCUT2D eigenvalue weighted by molar-refractivity contribution is 5.67. The number of hydrogen-bond donors (Lipinski definition) is 3. The van der Waals surface area contributed by atoms with Gasteiger partial charge in [-0.25, -0.2) is 4.39 Å². The average molecular weight is 262 g/mol. The Bertz CT molecular complexity index is 449. The molecule has 0 spiro atoms. The zero-order valence-electron chi connectivity index (χ0n) is 9.43. The summed E-state index contributed by atoms with van der Waals surface area (Å²) in [5, 5.41) is 27.3. The van der Waals surface area contributed by atoms with Crippen LogP contribution in [0.5, 0.6) is 5.75 Å². The van der Waals surface area contributed by atoms with Crippen LogP contribution in [-0.2, 0) is 4.79 Å². The van der Waals surface area contributed by atoms with E-state index in [-0.39, 0.29) is 5.75 Å². The van der Waals surface area contributed by atoms with Crippen molar-refractivity contribution in [2.75, 3.05) is 7.11 Å². The van der Waals surface area contributed by atoms with E-state index in [1.165, 1.54) is 0 Å². The lowest BCUT2D eigenvalue weighted by molar-refractivity contribution is -0.141. The van der Waals surface area contributed by atoms with E-state index in [1.54, 1.807) is 0 Å². The first-order chi connectivity index (χ1) is 8.38. The molecule has 18 heavy (non-hydrogen) atoms. The summed E-state index contributed by atoms with van der Waals surface area (Å²) in [5.41, 5.74) is -0.526. The molecule has 2 atom stereocenters. The van der Waals surface area contributed by atoms with Crippen LogP contribution in [0, 0.1) is 11.6 Å². The molecule has 2 unspecified atom stereocenters. The maximum Gasteiger partial charge on any atom is 0.306 e. The summed E-state index contributed by atoms with van der Waals surface area (Å²) >= 11 is 0. The van der Waals surface area contributed by atoms with Gasteiger partial charge in [0, 0.05) is 5.56 Å². The fourth-order valence-electron chi connectivity index (χ4n) is 1.43. The predicted octanol–water partition coefficient (Wildman–Crippen LogP) is 0.842. The Morgan fingerprint density at radius 3 is 2.44 bits per heavy atom. The monoisotopic (exact) mass is 262 g/mol. The molecule has 0 heterocycles. The first kappa shape index (κ1) is 14.3.